The van der Waals surface area contributed by atoms with E-state index in [1.54, 1.807) is 18.2 Å². The Morgan fingerprint density at radius 1 is 1.33 bits per heavy atom. The van der Waals surface area contributed by atoms with Gasteiger partial charge in [0.25, 0.3) is 5.91 Å². The number of amides is 1. The van der Waals surface area contributed by atoms with E-state index in [2.05, 4.69) is 22.1 Å². The zero-order chi connectivity index (χ0) is 15.1. The lowest BCUT2D eigenvalue weighted by Gasteiger charge is -2.06. The molecule has 21 heavy (non-hydrogen) atoms. The minimum absolute atomic E-state index is 0.0436. The Kier molecular flexibility index (Phi) is 5.02. The summed E-state index contributed by atoms with van der Waals surface area (Å²) in [5, 5.41) is 11.3. The Morgan fingerprint density at radius 3 is 2.95 bits per heavy atom. The lowest BCUT2D eigenvalue weighted by atomic mass is 10.1. The van der Waals surface area contributed by atoms with Crippen LogP contribution in [-0.2, 0) is 0 Å². The number of halogens is 1. The summed E-state index contributed by atoms with van der Waals surface area (Å²) in [5.74, 6) is 4.63. The van der Waals surface area contributed by atoms with Crippen LogP contribution in [0.3, 0.4) is 0 Å². The third-order valence-corrected chi connectivity index (χ3v) is 2.57. The predicted molar refractivity (Wildman–Crippen MR) is 77.2 cm³/mol. The molecule has 0 fully saturated rings. The maximum absolute atomic E-state index is 13.1. The van der Waals surface area contributed by atoms with E-state index >= 15 is 0 Å². The van der Waals surface area contributed by atoms with Crippen LogP contribution in [0, 0.1) is 17.7 Å². The second-order valence-electron chi connectivity index (χ2n) is 4.14. The molecule has 0 aliphatic carbocycles. The van der Waals surface area contributed by atoms with Crippen molar-refractivity contribution in [2.75, 3.05) is 11.9 Å². The van der Waals surface area contributed by atoms with Gasteiger partial charge in [0.15, 0.2) is 0 Å². The number of aliphatic hydroxyl groups excluding tert-OH is 1. The molecule has 1 aromatic heterocycles. The van der Waals surface area contributed by atoms with E-state index in [1.807, 2.05) is 0 Å². The van der Waals surface area contributed by atoms with Crippen molar-refractivity contribution in [3.05, 3.63) is 59.7 Å². The van der Waals surface area contributed by atoms with Gasteiger partial charge < -0.3 is 10.4 Å². The van der Waals surface area contributed by atoms with Crippen molar-refractivity contribution in [1.29, 1.82) is 0 Å². The molecule has 0 unspecified atom stereocenters. The van der Waals surface area contributed by atoms with Crippen molar-refractivity contribution in [3.8, 4) is 11.8 Å². The van der Waals surface area contributed by atoms with Gasteiger partial charge in [-0.05, 0) is 30.3 Å². The van der Waals surface area contributed by atoms with Gasteiger partial charge in [-0.25, -0.2) is 9.37 Å². The van der Waals surface area contributed by atoms with Crippen LogP contribution in [0.4, 0.5) is 10.1 Å². The fraction of sp³-hybridized carbons (Fsp3) is 0.125. The van der Waals surface area contributed by atoms with Crippen LogP contribution in [0.2, 0.25) is 0 Å². The maximum atomic E-state index is 13.1. The molecule has 1 aromatic carbocycles. The van der Waals surface area contributed by atoms with Crippen molar-refractivity contribution >= 4 is 11.6 Å². The van der Waals surface area contributed by atoms with Crippen molar-refractivity contribution in [1.82, 2.24) is 4.98 Å². The molecule has 0 radical (unpaired) electrons. The number of nitrogens with zero attached hydrogens (tertiary/aromatic N) is 1. The predicted octanol–water partition coefficient (Wildman–Crippen LogP) is 2.21. The fourth-order valence-electron chi connectivity index (χ4n) is 1.66. The first-order chi connectivity index (χ1) is 10.2. The van der Waals surface area contributed by atoms with Gasteiger partial charge in [0.05, 0.1) is 12.2 Å². The average molecular weight is 284 g/mol. The number of anilines is 1. The number of pyridine rings is 1. The van der Waals surface area contributed by atoms with Crippen LogP contribution in [0.25, 0.3) is 0 Å². The number of aromatic nitrogens is 1. The third kappa shape index (κ3) is 4.13. The Morgan fingerprint density at radius 2 is 2.19 bits per heavy atom. The molecular formula is C16H13FN2O2. The molecule has 0 saturated heterocycles. The molecule has 0 bridgehead atoms. The maximum Gasteiger partial charge on any atom is 0.275 e. The zero-order valence-corrected chi connectivity index (χ0v) is 11.1. The first kappa shape index (κ1) is 14.7. The average Bonchev–Trinajstić information content (AvgIpc) is 2.48. The van der Waals surface area contributed by atoms with Crippen molar-refractivity contribution in [2.45, 2.75) is 6.42 Å². The highest BCUT2D eigenvalue weighted by Gasteiger charge is 2.11. The number of nitrogens with one attached hydrogen (secondary N) is 1. The van der Waals surface area contributed by atoms with Gasteiger partial charge in [0.1, 0.15) is 11.5 Å². The van der Waals surface area contributed by atoms with E-state index in [9.17, 15) is 9.18 Å². The van der Waals surface area contributed by atoms with Gasteiger partial charge >= 0.3 is 0 Å². The van der Waals surface area contributed by atoms with E-state index in [0.29, 0.717) is 17.7 Å². The van der Waals surface area contributed by atoms with E-state index in [4.69, 9.17) is 5.11 Å². The van der Waals surface area contributed by atoms with Crippen LogP contribution in [0.1, 0.15) is 22.5 Å². The minimum Gasteiger partial charge on any atom is -0.395 e. The number of rotatable bonds is 3. The van der Waals surface area contributed by atoms with E-state index in [0.717, 1.165) is 0 Å². The van der Waals surface area contributed by atoms with Gasteiger partial charge in [-0.2, -0.15) is 0 Å². The fourth-order valence-corrected chi connectivity index (χ4v) is 1.66. The van der Waals surface area contributed by atoms with E-state index in [-0.39, 0.29) is 12.3 Å². The summed E-state index contributed by atoms with van der Waals surface area (Å²) < 4.78 is 13.1. The molecule has 1 heterocycles. The number of carbonyl (C=O) groups is 1. The molecule has 106 valence electrons. The third-order valence-electron chi connectivity index (χ3n) is 2.57. The van der Waals surface area contributed by atoms with Gasteiger partial charge in [-0.15, -0.1) is 0 Å². The Balaban J connectivity index is 2.22. The van der Waals surface area contributed by atoms with Crippen LogP contribution >= 0.6 is 0 Å². The summed E-state index contributed by atoms with van der Waals surface area (Å²) >= 11 is 0. The molecule has 2 rings (SSSR count). The number of hydrogen-bond acceptors (Lipinski definition) is 3. The second-order valence-corrected chi connectivity index (χ2v) is 4.14. The number of hydrogen-bond donors (Lipinski definition) is 2. The van der Waals surface area contributed by atoms with Crippen molar-refractivity contribution in [3.63, 3.8) is 0 Å². The molecule has 0 spiro atoms. The summed E-state index contributed by atoms with van der Waals surface area (Å²) in [6, 6.07) is 8.94. The number of aliphatic hydroxyl groups is 1. The van der Waals surface area contributed by atoms with E-state index in [1.165, 1.54) is 24.4 Å². The number of carbonyl (C=O) groups excluding carboxylic acids is 1. The van der Waals surface area contributed by atoms with Crippen LogP contribution in [0.15, 0.2) is 42.6 Å². The largest absolute Gasteiger partial charge is 0.395 e. The van der Waals surface area contributed by atoms with Crippen molar-refractivity contribution < 1.29 is 14.3 Å². The van der Waals surface area contributed by atoms with Crippen molar-refractivity contribution in [2.24, 2.45) is 0 Å². The summed E-state index contributed by atoms with van der Waals surface area (Å²) in [6.07, 6.45) is 1.80. The Bertz CT molecular complexity index is 705. The molecule has 2 aromatic rings. The van der Waals surface area contributed by atoms with Crippen LogP contribution in [-0.4, -0.2) is 22.6 Å². The monoisotopic (exact) mass is 284 g/mol. The SMILES string of the molecule is O=C(Nc1cccc(F)c1)c1ncccc1C#CCCO. The molecular weight excluding hydrogens is 271 g/mol. The van der Waals surface area contributed by atoms with Gasteiger partial charge in [-0.1, -0.05) is 17.9 Å². The Labute approximate surface area is 121 Å². The summed E-state index contributed by atoms with van der Waals surface area (Å²) in [7, 11) is 0. The molecule has 5 heteroatoms. The minimum atomic E-state index is -0.463. The van der Waals surface area contributed by atoms with Gasteiger partial charge in [0.2, 0.25) is 0 Å². The normalized spacial score (nSPS) is 9.62. The van der Waals surface area contributed by atoms with Gasteiger partial charge in [-0.3, -0.25) is 4.79 Å². The van der Waals surface area contributed by atoms with Gasteiger partial charge in [0, 0.05) is 18.3 Å². The standard InChI is InChI=1S/C16H13FN2O2/c17-13-7-3-8-14(11-13)19-16(21)15-12(5-1-2-10-20)6-4-9-18-15/h3-4,6-9,11,20H,2,10H2,(H,19,21). The van der Waals surface area contributed by atoms with Crippen LogP contribution in [0.5, 0.6) is 0 Å². The lowest BCUT2D eigenvalue weighted by Crippen LogP contribution is -2.15. The molecule has 1 amide bonds. The quantitative estimate of drug-likeness (QED) is 0.849. The molecule has 2 N–H and O–H groups in total. The number of benzene rings is 1. The zero-order valence-electron chi connectivity index (χ0n) is 11.1. The Hall–Kier alpha value is -2.71. The first-order valence-corrected chi connectivity index (χ1v) is 6.32. The highest BCUT2D eigenvalue weighted by Crippen LogP contribution is 2.12. The second kappa shape index (κ2) is 7.17. The molecule has 0 atom stereocenters. The molecule has 0 saturated carbocycles. The van der Waals surface area contributed by atoms with E-state index < -0.39 is 11.7 Å². The summed E-state index contributed by atoms with van der Waals surface area (Å²) in [4.78, 5) is 16.2. The lowest BCUT2D eigenvalue weighted by molar-refractivity contribution is 0.102. The molecule has 0 aliphatic rings. The first-order valence-electron chi connectivity index (χ1n) is 6.32. The molecule has 0 aliphatic heterocycles. The highest BCUT2D eigenvalue weighted by atomic mass is 19.1. The summed E-state index contributed by atoms with van der Waals surface area (Å²) in [5.41, 5.74) is 0.965. The van der Waals surface area contributed by atoms with Crippen LogP contribution < -0.4 is 5.32 Å². The summed E-state index contributed by atoms with van der Waals surface area (Å²) in [6.45, 7) is -0.0436. The molecule has 4 nitrogen and oxygen atoms in total. The smallest absolute Gasteiger partial charge is 0.275 e. The highest BCUT2D eigenvalue weighted by molar-refractivity contribution is 6.04. The topological polar surface area (TPSA) is 62.2 Å².